The zero-order chi connectivity index (χ0) is 7.40. The number of hydrogen-bond donors (Lipinski definition) is 1. The maximum absolute atomic E-state index is 8.83. The van der Waals surface area contributed by atoms with Crippen molar-refractivity contribution in [3.63, 3.8) is 0 Å². The molecule has 1 aliphatic rings. The molecular weight excluding hydrogens is 124 g/mol. The largest absolute Gasteiger partial charge is 0.396 e. The summed E-state index contributed by atoms with van der Waals surface area (Å²) in [5.41, 5.74) is 0. The molecule has 0 radical (unpaired) electrons. The monoisotopic (exact) mass is 140 g/mol. The van der Waals surface area contributed by atoms with Crippen LogP contribution in [-0.4, -0.2) is 11.7 Å². The van der Waals surface area contributed by atoms with Crippen LogP contribution < -0.4 is 0 Å². The minimum Gasteiger partial charge on any atom is -0.396 e. The molecule has 2 unspecified atom stereocenters. The molecular formula is C9H16O. The first-order chi connectivity index (χ1) is 4.86. The van der Waals surface area contributed by atoms with Crippen LogP contribution in [0.1, 0.15) is 25.7 Å². The highest BCUT2D eigenvalue weighted by Crippen LogP contribution is 2.32. The Balaban J connectivity index is 2.21. The van der Waals surface area contributed by atoms with Crippen molar-refractivity contribution in [2.75, 3.05) is 6.61 Å². The molecule has 0 bridgehead atoms. The Morgan fingerprint density at radius 3 is 2.60 bits per heavy atom. The van der Waals surface area contributed by atoms with Crippen molar-refractivity contribution < 1.29 is 5.11 Å². The summed E-state index contributed by atoms with van der Waals surface area (Å²) in [5, 5.41) is 8.83. The van der Waals surface area contributed by atoms with Gasteiger partial charge in [-0.2, -0.15) is 0 Å². The summed E-state index contributed by atoms with van der Waals surface area (Å²) in [6, 6.07) is 0. The van der Waals surface area contributed by atoms with Gasteiger partial charge >= 0.3 is 0 Å². The topological polar surface area (TPSA) is 20.2 Å². The van der Waals surface area contributed by atoms with Crippen molar-refractivity contribution >= 4 is 0 Å². The normalized spacial score (nSPS) is 32.5. The second-order valence-electron chi connectivity index (χ2n) is 3.25. The summed E-state index contributed by atoms with van der Waals surface area (Å²) in [7, 11) is 0. The summed E-state index contributed by atoms with van der Waals surface area (Å²) in [4.78, 5) is 0. The van der Waals surface area contributed by atoms with Gasteiger partial charge in [-0.1, -0.05) is 6.08 Å². The Labute approximate surface area is 62.8 Å². The van der Waals surface area contributed by atoms with Crippen molar-refractivity contribution in [2.45, 2.75) is 25.7 Å². The van der Waals surface area contributed by atoms with E-state index in [1.807, 2.05) is 6.08 Å². The molecule has 1 aliphatic carbocycles. The van der Waals surface area contributed by atoms with Crippen LogP contribution in [-0.2, 0) is 0 Å². The smallest absolute Gasteiger partial charge is 0.0459 e. The van der Waals surface area contributed by atoms with Gasteiger partial charge in [0, 0.05) is 6.61 Å². The van der Waals surface area contributed by atoms with Crippen LogP contribution in [0.5, 0.6) is 0 Å². The molecule has 1 rings (SSSR count). The van der Waals surface area contributed by atoms with Crippen LogP contribution in [0.3, 0.4) is 0 Å². The summed E-state index contributed by atoms with van der Waals surface area (Å²) in [6.45, 7) is 4.10. The molecule has 0 amide bonds. The molecule has 58 valence electrons. The maximum atomic E-state index is 8.83. The number of hydrogen-bond acceptors (Lipinski definition) is 1. The van der Waals surface area contributed by atoms with Crippen LogP contribution in [0.4, 0.5) is 0 Å². The Bertz CT molecular complexity index is 109. The first-order valence-electron chi connectivity index (χ1n) is 4.08. The van der Waals surface area contributed by atoms with Crippen LogP contribution in [0.25, 0.3) is 0 Å². The zero-order valence-electron chi connectivity index (χ0n) is 6.42. The quantitative estimate of drug-likeness (QED) is 0.594. The molecule has 1 saturated carbocycles. The van der Waals surface area contributed by atoms with Crippen LogP contribution >= 0.6 is 0 Å². The molecule has 0 aliphatic heterocycles. The van der Waals surface area contributed by atoms with Crippen molar-refractivity contribution in [3.8, 4) is 0 Å². The predicted molar refractivity (Wildman–Crippen MR) is 42.7 cm³/mol. The standard InChI is InChI=1S/C9H16O/c1-2-3-8-4-5-9(6-8)7-10/h2,8-10H,1,3-7H2. The van der Waals surface area contributed by atoms with Gasteiger partial charge < -0.3 is 5.11 Å². The first kappa shape index (κ1) is 7.80. The molecule has 2 atom stereocenters. The Kier molecular flexibility index (Phi) is 2.94. The lowest BCUT2D eigenvalue weighted by atomic mass is 10.0. The molecule has 10 heavy (non-hydrogen) atoms. The highest BCUT2D eigenvalue weighted by molar-refractivity contribution is 4.80. The summed E-state index contributed by atoms with van der Waals surface area (Å²) in [5.74, 6) is 1.40. The number of rotatable bonds is 3. The van der Waals surface area contributed by atoms with E-state index >= 15 is 0 Å². The molecule has 0 heterocycles. The average Bonchev–Trinajstić information content (AvgIpc) is 2.37. The first-order valence-corrected chi connectivity index (χ1v) is 4.08. The maximum Gasteiger partial charge on any atom is 0.0459 e. The summed E-state index contributed by atoms with van der Waals surface area (Å²) < 4.78 is 0. The molecule has 0 saturated heterocycles. The zero-order valence-corrected chi connectivity index (χ0v) is 6.42. The average molecular weight is 140 g/mol. The second kappa shape index (κ2) is 3.77. The number of aliphatic hydroxyl groups is 1. The van der Waals surface area contributed by atoms with Gasteiger partial charge in [-0.25, -0.2) is 0 Å². The van der Waals surface area contributed by atoms with Gasteiger partial charge in [-0.15, -0.1) is 6.58 Å². The molecule has 1 N–H and O–H groups in total. The predicted octanol–water partition coefficient (Wildman–Crippen LogP) is 1.97. The van der Waals surface area contributed by atoms with Gasteiger partial charge in [0.2, 0.25) is 0 Å². The van der Waals surface area contributed by atoms with Gasteiger partial charge in [-0.3, -0.25) is 0 Å². The van der Waals surface area contributed by atoms with Crippen molar-refractivity contribution in [1.29, 1.82) is 0 Å². The molecule has 0 aromatic heterocycles. The Morgan fingerprint density at radius 1 is 1.40 bits per heavy atom. The van der Waals surface area contributed by atoms with Gasteiger partial charge in [0.05, 0.1) is 0 Å². The minimum absolute atomic E-state index is 0.383. The van der Waals surface area contributed by atoms with Gasteiger partial charge in [0.15, 0.2) is 0 Å². The highest BCUT2D eigenvalue weighted by atomic mass is 16.3. The molecule has 0 spiro atoms. The lowest BCUT2D eigenvalue weighted by molar-refractivity contribution is 0.226. The Morgan fingerprint density at radius 2 is 2.10 bits per heavy atom. The third kappa shape index (κ3) is 1.84. The molecule has 0 aromatic carbocycles. The summed E-state index contributed by atoms with van der Waals surface area (Å²) in [6.07, 6.45) is 6.84. The van der Waals surface area contributed by atoms with Crippen molar-refractivity contribution in [1.82, 2.24) is 0 Å². The van der Waals surface area contributed by atoms with E-state index in [2.05, 4.69) is 6.58 Å². The second-order valence-corrected chi connectivity index (χ2v) is 3.25. The number of aliphatic hydroxyl groups excluding tert-OH is 1. The lowest BCUT2D eigenvalue weighted by Crippen LogP contribution is -2.00. The fourth-order valence-electron chi connectivity index (χ4n) is 1.79. The molecule has 1 nitrogen and oxygen atoms in total. The van der Waals surface area contributed by atoms with E-state index in [1.54, 1.807) is 0 Å². The van der Waals surface area contributed by atoms with E-state index in [0.717, 1.165) is 12.3 Å². The van der Waals surface area contributed by atoms with Crippen molar-refractivity contribution in [3.05, 3.63) is 12.7 Å². The van der Waals surface area contributed by atoms with E-state index in [9.17, 15) is 0 Å². The minimum atomic E-state index is 0.383. The highest BCUT2D eigenvalue weighted by Gasteiger charge is 2.22. The van der Waals surface area contributed by atoms with Gasteiger partial charge in [0.25, 0.3) is 0 Å². The van der Waals surface area contributed by atoms with Crippen LogP contribution in [0.2, 0.25) is 0 Å². The van der Waals surface area contributed by atoms with Gasteiger partial charge in [-0.05, 0) is 37.5 Å². The lowest BCUT2D eigenvalue weighted by Gasteiger charge is -2.05. The number of allylic oxidation sites excluding steroid dienone is 1. The van der Waals surface area contributed by atoms with E-state index in [0.29, 0.717) is 12.5 Å². The van der Waals surface area contributed by atoms with Crippen LogP contribution in [0.15, 0.2) is 12.7 Å². The SMILES string of the molecule is C=CCC1CCC(CO)C1. The Hall–Kier alpha value is -0.300. The van der Waals surface area contributed by atoms with E-state index in [1.165, 1.54) is 19.3 Å². The van der Waals surface area contributed by atoms with E-state index in [4.69, 9.17) is 5.11 Å². The fraction of sp³-hybridized carbons (Fsp3) is 0.778. The van der Waals surface area contributed by atoms with E-state index < -0.39 is 0 Å². The molecule has 1 heteroatoms. The van der Waals surface area contributed by atoms with E-state index in [-0.39, 0.29) is 0 Å². The fourth-order valence-corrected chi connectivity index (χ4v) is 1.79. The van der Waals surface area contributed by atoms with Crippen LogP contribution in [0, 0.1) is 11.8 Å². The molecule has 0 aromatic rings. The van der Waals surface area contributed by atoms with Crippen molar-refractivity contribution in [2.24, 2.45) is 11.8 Å². The molecule has 1 fully saturated rings. The third-order valence-corrected chi connectivity index (χ3v) is 2.41. The van der Waals surface area contributed by atoms with Gasteiger partial charge in [0.1, 0.15) is 0 Å². The third-order valence-electron chi connectivity index (χ3n) is 2.41. The summed E-state index contributed by atoms with van der Waals surface area (Å²) >= 11 is 0.